The second-order valence-corrected chi connectivity index (χ2v) is 4.64. The number of benzene rings is 1. The molecule has 4 heteroatoms. The molecule has 1 aromatic rings. The topological polar surface area (TPSA) is 39.7 Å². The highest BCUT2D eigenvalue weighted by molar-refractivity contribution is 5.43. The van der Waals surface area contributed by atoms with Gasteiger partial charge in [0.15, 0.2) is 11.5 Å². The van der Waals surface area contributed by atoms with Crippen molar-refractivity contribution in [3.63, 3.8) is 0 Å². The quantitative estimate of drug-likeness (QED) is 0.893. The van der Waals surface area contributed by atoms with E-state index in [1.807, 2.05) is 18.2 Å². The summed E-state index contributed by atoms with van der Waals surface area (Å²) in [4.78, 5) is 0. The van der Waals surface area contributed by atoms with Crippen LogP contribution in [0.25, 0.3) is 0 Å². The molecule has 1 saturated heterocycles. The fraction of sp³-hybridized carbons (Fsp3) is 0.571. The Morgan fingerprint density at radius 3 is 2.50 bits per heavy atom. The van der Waals surface area contributed by atoms with Gasteiger partial charge in [-0.3, -0.25) is 0 Å². The number of hydrogen-bond donors (Lipinski definition) is 1. The Hall–Kier alpha value is -1.26. The minimum atomic E-state index is 0.0657. The molecule has 0 bridgehead atoms. The Labute approximate surface area is 108 Å². The average molecular weight is 251 g/mol. The number of nitrogens with one attached hydrogen (secondary N) is 1. The van der Waals surface area contributed by atoms with E-state index in [1.54, 1.807) is 14.2 Å². The van der Waals surface area contributed by atoms with Crippen molar-refractivity contribution in [1.82, 2.24) is 5.32 Å². The van der Waals surface area contributed by atoms with Crippen molar-refractivity contribution >= 4 is 0 Å². The van der Waals surface area contributed by atoms with Crippen molar-refractivity contribution in [3.05, 3.63) is 23.8 Å². The first kappa shape index (κ1) is 13.2. The summed E-state index contributed by atoms with van der Waals surface area (Å²) in [5, 5.41) is 3.45. The molecule has 2 rings (SSSR count). The van der Waals surface area contributed by atoms with Crippen molar-refractivity contribution < 1.29 is 14.2 Å². The fourth-order valence-corrected chi connectivity index (χ4v) is 2.13. The smallest absolute Gasteiger partial charge is 0.161 e. The number of hydrogen-bond acceptors (Lipinski definition) is 4. The van der Waals surface area contributed by atoms with E-state index in [-0.39, 0.29) is 12.2 Å². The predicted molar refractivity (Wildman–Crippen MR) is 70.3 cm³/mol. The Balaban J connectivity index is 2.18. The van der Waals surface area contributed by atoms with Crippen LogP contribution in [0.2, 0.25) is 0 Å². The van der Waals surface area contributed by atoms with Gasteiger partial charge >= 0.3 is 0 Å². The summed E-state index contributed by atoms with van der Waals surface area (Å²) >= 11 is 0. The van der Waals surface area contributed by atoms with Gasteiger partial charge in [0.2, 0.25) is 0 Å². The van der Waals surface area contributed by atoms with Crippen LogP contribution in [0.3, 0.4) is 0 Å². The van der Waals surface area contributed by atoms with Crippen LogP contribution in [0.5, 0.6) is 11.5 Å². The normalized spacial score (nSPS) is 27.9. The molecule has 1 fully saturated rings. The summed E-state index contributed by atoms with van der Waals surface area (Å²) in [6.07, 6.45) is 0.271. The molecule has 0 radical (unpaired) electrons. The minimum absolute atomic E-state index is 0.0657. The summed E-state index contributed by atoms with van der Waals surface area (Å²) in [6, 6.07) is 6.31. The van der Waals surface area contributed by atoms with E-state index in [9.17, 15) is 0 Å². The lowest BCUT2D eigenvalue weighted by atomic mass is 10.0. The standard InChI is InChI=1S/C14H21NO3/c1-9-10(2)18-14(8-15-9)11-5-6-12(16-3)13(7-11)17-4/h5-7,9-10,14-15H,8H2,1-4H3. The molecule has 1 aromatic carbocycles. The zero-order chi connectivity index (χ0) is 13.1. The van der Waals surface area contributed by atoms with E-state index in [0.29, 0.717) is 6.04 Å². The molecule has 0 aliphatic carbocycles. The first-order chi connectivity index (χ1) is 8.65. The van der Waals surface area contributed by atoms with Gasteiger partial charge in [-0.1, -0.05) is 6.07 Å². The Kier molecular flexibility index (Phi) is 4.09. The minimum Gasteiger partial charge on any atom is -0.493 e. The summed E-state index contributed by atoms with van der Waals surface area (Å²) in [5.41, 5.74) is 1.11. The van der Waals surface area contributed by atoms with Crippen LogP contribution in [-0.4, -0.2) is 32.9 Å². The van der Waals surface area contributed by atoms with E-state index in [0.717, 1.165) is 23.6 Å². The molecular weight excluding hydrogens is 230 g/mol. The van der Waals surface area contributed by atoms with Crippen molar-refractivity contribution in [2.45, 2.75) is 32.1 Å². The molecule has 4 nitrogen and oxygen atoms in total. The largest absolute Gasteiger partial charge is 0.493 e. The maximum atomic E-state index is 6.00. The highest BCUT2D eigenvalue weighted by atomic mass is 16.5. The van der Waals surface area contributed by atoms with Gasteiger partial charge in [-0.2, -0.15) is 0 Å². The van der Waals surface area contributed by atoms with E-state index in [2.05, 4.69) is 19.2 Å². The van der Waals surface area contributed by atoms with Gasteiger partial charge in [-0.05, 0) is 31.5 Å². The van der Waals surface area contributed by atoms with Crippen LogP contribution in [0.15, 0.2) is 18.2 Å². The van der Waals surface area contributed by atoms with Crippen molar-refractivity contribution in [3.8, 4) is 11.5 Å². The molecule has 18 heavy (non-hydrogen) atoms. The SMILES string of the molecule is COc1ccc(C2CNC(C)C(C)O2)cc1OC. The number of rotatable bonds is 3. The van der Waals surface area contributed by atoms with Crippen molar-refractivity contribution in [1.29, 1.82) is 0 Å². The van der Waals surface area contributed by atoms with E-state index in [1.165, 1.54) is 0 Å². The third-order valence-electron chi connectivity index (χ3n) is 3.49. The van der Waals surface area contributed by atoms with E-state index < -0.39 is 0 Å². The van der Waals surface area contributed by atoms with Crippen LogP contribution in [0.1, 0.15) is 25.5 Å². The molecule has 0 amide bonds. The third-order valence-corrected chi connectivity index (χ3v) is 3.49. The van der Waals surface area contributed by atoms with Crippen molar-refractivity contribution in [2.75, 3.05) is 20.8 Å². The molecule has 1 aliphatic rings. The van der Waals surface area contributed by atoms with Crippen LogP contribution in [0, 0.1) is 0 Å². The lowest BCUT2D eigenvalue weighted by Gasteiger charge is -2.34. The molecule has 1 aliphatic heterocycles. The highest BCUT2D eigenvalue weighted by Gasteiger charge is 2.26. The first-order valence-electron chi connectivity index (χ1n) is 6.26. The van der Waals surface area contributed by atoms with Crippen molar-refractivity contribution in [2.24, 2.45) is 0 Å². The van der Waals surface area contributed by atoms with Gasteiger partial charge in [-0.15, -0.1) is 0 Å². The van der Waals surface area contributed by atoms with E-state index >= 15 is 0 Å². The summed E-state index contributed by atoms with van der Waals surface area (Å²) in [6.45, 7) is 5.04. The van der Waals surface area contributed by atoms with Crippen LogP contribution in [-0.2, 0) is 4.74 Å². The molecule has 100 valence electrons. The number of ether oxygens (including phenoxy) is 3. The van der Waals surface area contributed by atoms with Crippen LogP contribution < -0.4 is 14.8 Å². The molecule has 0 spiro atoms. The Morgan fingerprint density at radius 1 is 1.17 bits per heavy atom. The van der Waals surface area contributed by atoms with Crippen LogP contribution >= 0.6 is 0 Å². The lowest BCUT2D eigenvalue weighted by Crippen LogP contribution is -2.46. The number of morpholine rings is 1. The van der Waals surface area contributed by atoms with Gasteiger partial charge in [0.1, 0.15) is 0 Å². The highest BCUT2D eigenvalue weighted by Crippen LogP contribution is 2.32. The molecule has 0 saturated carbocycles. The zero-order valence-corrected chi connectivity index (χ0v) is 11.4. The van der Waals surface area contributed by atoms with Crippen LogP contribution in [0.4, 0.5) is 0 Å². The molecular formula is C14H21NO3. The van der Waals surface area contributed by atoms with Gasteiger partial charge in [0, 0.05) is 12.6 Å². The fourth-order valence-electron chi connectivity index (χ4n) is 2.13. The molecule has 3 unspecified atom stereocenters. The van der Waals surface area contributed by atoms with Gasteiger partial charge in [0.05, 0.1) is 26.4 Å². The summed E-state index contributed by atoms with van der Waals surface area (Å²) in [5.74, 6) is 1.48. The Morgan fingerprint density at radius 2 is 1.89 bits per heavy atom. The molecule has 3 atom stereocenters. The zero-order valence-electron chi connectivity index (χ0n) is 11.4. The molecule has 1 N–H and O–H groups in total. The summed E-state index contributed by atoms with van der Waals surface area (Å²) < 4.78 is 16.5. The second kappa shape index (κ2) is 5.59. The maximum absolute atomic E-state index is 6.00. The first-order valence-corrected chi connectivity index (χ1v) is 6.26. The lowest BCUT2D eigenvalue weighted by molar-refractivity contribution is -0.0509. The second-order valence-electron chi connectivity index (χ2n) is 4.64. The summed E-state index contributed by atoms with van der Waals surface area (Å²) in [7, 11) is 3.28. The van der Waals surface area contributed by atoms with Gasteiger partial charge in [0.25, 0.3) is 0 Å². The monoisotopic (exact) mass is 251 g/mol. The predicted octanol–water partition coefficient (Wildman–Crippen LogP) is 2.14. The van der Waals surface area contributed by atoms with Gasteiger partial charge in [-0.25, -0.2) is 0 Å². The maximum Gasteiger partial charge on any atom is 0.161 e. The average Bonchev–Trinajstić information content (AvgIpc) is 2.41. The molecule has 0 aromatic heterocycles. The van der Waals surface area contributed by atoms with E-state index in [4.69, 9.17) is 14.2 Å². The number of methoxy groups -OCH3 is 2. The third kappa shape index (κ3) is 2.60. The van der Waals surface area contributed by atoms with Gasteiger partial charge < -0.3 is 19.5 Å². The molecule has 1 heterocycles. The Bertz CT molecular complexity index is 408.